The molecule has 1 fully saturated rings. The van der Waals surface area contributed by atoms with Crippen LogP contribution in [0, 0.1) is 0 Å². The van der Waals surface area contributed by atoms with Gasteiger partial charge in [0.1, 0.15) is 12.0 Å². The Balaban J connectivity index is 2.07. The second kappa shape index (κ2) is 4.30. The lowest BCUT2D eigenvalue weighted by atomic mass is 10.2. The quantitative estimate of drug-likeness (QED) is 0.785. The molecule has 3 rings (SSSR count). The summed E-state index contributed by atoms with van der Waals surface area (Å²) in [6, 6.07) is -0.305. The molecule has 0 aromatic carbocycles. The fraction of sp³-hybridized carbons (Fsp3) is 0.545. The van der Waals surface area contributed by atoms with Crippen molar-refractivity contribution >= 4 is 22.8 Å². The summed E-state index contributed by atoms with van der Waals surface area (Å²) in [6.07, 6.45) is 0.896. The van der Waals surface area contributed by atoms with Crippen LogP contribution in [-0.2, 0) is 7.05 Å². The molecular weight excluding hydrogens is 251 g/mol. The Hall–Kier alpha value is -1.96. The topological polar surface area (TPSA) is 93.1 Å². The number of aromatic nitrogens is 4. The molecule has 0 aliphatic carbocycles. The molecule has 0 spiro atoms. The first-order valence-electron chi connectivity index (χ1n) is 6.07. The largest absolute Gasteiger partial charge is 0.394 e. The van der Waals surface area contributed by atoms with Crippen LogP contribution in [0.25, 0.3) is 11.0 Å². The number of nitrogen functional groups attached to an aromatic ring is 1. The number of alkyl halides is 1. The van der Waals surface area contributed by atoms with Gasteiger partial charge in [-0.3, -0.25) is 4.68 Å². The molecule has 102 valence electrons. The highest BCUT2D eigenvalue weighted by molar-refractivity contribution is 5.86. The van der Waals surface area contributed by atoms with Crippen LogP contribution in [0.5, 0.6) is 0 Å². The number of halogens is 1. The van der Waals surface area contributed by atoms with E-state index in [1.54, 1.807) is 22.8 Å². The average molecular weight is 266 g/mol. The summed E-state index contributed by atoms with van der Waals surface area (Å²) in [6.45, 7) is 0.0428. The van der Waals surface area contributed by atoms with Crippen LogP contribution in [-0.4, -0.2) is 50.2 Å². The Bertz CT molecular complexity index is 614. The van der Waals surface area contributed by atoms with Gasteiger partial charge in [0.2, 0.25) is 5.95 Å². The fourth-order valence-corrected chi connectivity index (χ4v) is 2.44. The molecule has 0 bridgehead atoms. The molecule has 2 atom stereocenters. The van der Waals surface area contributed by atoms with E-state index in [2.05, 4.69) is 15.1 Å². The standard InChI is InChI=1S/C11H15FN6O/c1-17-10-8(3-14-17)9(13)15-11(16-10)18-4-6(12)2-7(18)5-19/h3,6-7,19H,2,4-5H2,1H3,(H2,13,15,16)/t6-,7-/m0/s1. The van der Waals surface area contributed by atoms with Gasteiger partial charge < -0.3 is 15.7 Å². The molecule has 1 saturated heterocycles. The van der Waals surface area contributed by atoms with Crippen LogP contribution in [0.4, 0.5) is 16.2 Å². The average Bonchev–Trinajstić information content (AvgIpc) is 2.93. The van der Waals surface area contributed by atoms with Gasteiger partial charge in [-0.25, -0.2) is 4.39 Å². The molecule has 0 radical (unpaired) electrons. The highest BCUT2D eigenvalue weighted by Gasteiger charge is 2.33. The summed E-state index contributed by atoms with van der Waals surface area (Å²) in [5.41, 5.74) is 6.47. The molecule has 2 aromatic rings. The van der Waals surface area contributed by atoms with Gasteiger partial charge in [-0.05, 0) is 0 Å². The van der Waals surface area contributed by atoms with E-state index in [1.807, 2.05) is 0 Å². The number of nitrogens with zero attached hydrogens (tertiary/aromatic N) is 5. The van der Waals surface area contributed by atoms with Crippen molar-refractivity contribution in [2.45, 2.75) is 18.6 Å². The van der Waals surface area contributed by atoms with Gasteiger partial charge in [0.15, 0.2) is 5.65 Å². The fourth-order valence-electron chi connectivity index (χ4n) is 2.44. The van der Waals surface area contributed by atoms with E-state index < -0.39 is 6.17 Å². The van der Waals surface area contributed by atoms with Crippen LogP contribution >= 0.6 is 0 Å². The van der Waals surface area contributed by atoms with Crippen molar-refractivity contribution in [3.8, 4) is 0 Å². The van der Waals surface area contributed by atoms with E-state index in [-0.39, 0.29) is 25.6 Å². The van der Waals surface area contributed by atoms with Crippen LogP contribution in [0.1, 0.15) is 6.42 Å². The third kappa shape index (κ3) is 1.88. The van der Waals surface area contributed by atoms with E-state index in [9.17, 15) is 9.50 Å². The first-order chi connectivity index (χ1) is 9.10. The highest BCUT2D eigenvalue weighted by Crippen LogP contribution is 2.27. The van der Waals surface area contributed by atoms with Gasteiger partial charge in [0, 0.05) is 13.5 Å². The lowest BCUT2D eigenvalue weighted by molar-refractivity contribution is 0.255. The molecule has 1 aliphatic rings. The van der Waals surface area contributed by atoms with Crippen LogP contribution < -0.4 is 10.6 Å². The first-order valence-corrected chi connectivity index (χ1v) is 6.07. The normalized spacial score (nSPS) is 23.4. The molecule has 0 unspecified atom stereocenters. The predicted octanol–water partition coefficient (Wildman–Crippen LogP) is -0.145. The zero-order valence-corrected chi connectivity index (χ0v) is 10.5. The van der Waals surface area contributed by atoms with E-state index in [0.717, 1.165) is 0 Å². The molecule has 3 heterocycles. The van der Waals surface area contributed by atoms with Gasteiger partial charge in [-0.2, -0.15) is 15.1 Å². The molecule has 19 heavy (non-hydrogen) atoms. The number of aliphatic hydroxyl groups is 1. The number of rotatable bonds is 2. The maximum atomic E-state index is 13.5. The van der Waals surface area contributed by atoms with Crippen molar-refractivity contribution in [3.05, 3.63) is 6.20 Å². The lowest BCUT2D eigenvalue weighted by Gasteiger charge is -2.22. The van der Waals surface area contributed by atoms with Crippen molar-refractivity contribution in [2.24, 2.45) is 7.05 Å². The lowest BCUT2D eigenvalue weighted by Crippen LogP contribution is -2.33. The maximum Gasteiger partial charge on any atom is 0.229 e. The molecule has 2 aromatic heterocycles. The number of hydrogen-bond donors (Lipinski definition) is 2. The monoisotopic (exact) mass is 266 g/mol. The Morgan fingerprint density at radius 1 is 1.53 bits per heavy atom. The smallest absolute Gasteiger partial charge is 0.229 e. The summed E-state index contributed by atoms with van der Waals surface area (Å²) in [5, 5.41) is 14.0. The first kappa shape index (κ1) is 12.1. The zero-order valence-electron chi connectivity index (χ0n) is 10.5. The highest BCUT2D eigenvalue weighted by atomic mass is 19.1. The van der Waals surface area contributed by atoms with Crippen molar-refractivity contribution < 1.29 is 9.50 Å². The van der Waals surface area contributed by atoms with Gasteiger partial charge in [-0.15, -0.1) is 0 Å². The second-order valence-electron chi connectivity index (χ2n) is 4.74. The predicted molar refractivity (Wildman–Crippen MR) is 68.4 cm³/mol. The van der Waals surface area contributed by atoms with Crippen molar-refractivity contribution in [1.82, 2.24) is 19.7 Å². The third-order valence-corrected chi connectivity index (χ3v) is 3.44. The van der Waals surface area contributed by atoms with Crippen LogP contribution in [0.15, 0.2) is 6.20 Å². The molecule has 7 nitrogen and oxygen atoms in total. The molecule has 0 amide bonds. The summed E-state index contributed by atoms with van der Waals surface area (Å²) in [5.74, 6) is 0.653. The molecular formula is C11H15FN6O. The number of anilines is 2. The van der Waals surface area contributed by atoms with Crippen molar-refractivity contribution in [2.75, 3.05) is 23.8 Å². The maximum absolute atomic E-state index is 13.5. The van der Waals surface area contributed by atoms with Crippen LogP contribution in [0.3, 0.4) is 0 Å². The van der Waals surface area contributed by atoms with Crippen molar-refractivity contribution in [1.29, 1.82) is 0 Å². The Labute approximate surface area is 108 Å². The minimum Gasteiger partial charge on any atom is -0.394 e. The minimum absolute atomic E-state index is 0.132. The number of hydrogen-bond acceptors (Lipinski definition) is 6. The van der Waals surface area contributed by atoms with Gasteiger partial charge in [0.25, 0.3) is 0 Å². The van der Waals surface area contributed by atoms with E-state index >= 15 is 0 Å². The van der Waals surface area contributed by atoms with Gasteiger partial charge in [0.05, 0.1) is 30.8 Å². The Kier molecular flexibility index (Phi) is 2.74. The summed E-state index contributed by atoms with van der Waals surface area (Å²) in [7, 11) is 1.75. The summed E-state index contributed by atoms with van der Waals surface area (Å²) >= 11 is 0. The SMILES string of the molecule is Cn1ncc2c(N)nc(N3C[C@@H](F)C[C@H]3CO)nc21. The minimum atomic E-state index is -0.982. The molecule has 8 heteroatoms. The van der Waals surface area contributed by atoms with E-state index in [1.165, 1.54) is 0 Å². The number of aliphatic hydroxyl groups excluding tert-OH is 1. The van der Waals surface area contributed by atoms with Crippen molar-refractivity contribution in [3.63, 3.8) is 0 Å². The van der Waals surface area contributed by atoms with Gasteiger partial charge >= 0.3 is 0 Å². The number of aryl methyl sites for hydroxylation is 1. The molecule has 0 saturated carbocycles. The molecule has 3 N–H and O–H groups in total. The van der Waals surface area contributed by atoms with E-state index in [0.29, 0.717) is 22.8 Å². The number of fused-ring (bicyclic) bond motifs is 1. The van der Waals surface area contributed by atoms with Crippen LogP contribution in [0.2, 0.25) is 0 Å². The number of nitrogens with two attached hydrogens (primary N) is 1. The summed E-state index contributed by atoms with van der Waals surface area (Å²) in [4.78, 5) is 10.2. The molecule has 1 aliphatic heterocycles. The van der Waals surface area contributed by atoms with Gasteiger partial charge in [-0.1, -0.05) is 0 Å². The Morgan fingerprint density at radius 2 is 2.32 bits per heavy atom. The third-order valence-electron chi connectivity index (χ3n) is 3.44. The second-order valence-corrected chi connectivity index (χ2v) is 4.74. The summed E-state index contributed by atoms with van der Waals surface area (Å²) < 4.78 is 15.1. The zero-order chi connectivity index (χ0) is 13.6. The van der Waals surface area contributed by atoms with E-state index in [4.69, 9.17) is 5.73 Å². The Morgan fingerprint density at radius 3 is 3.05 bits per heavy atom.